The second-order valence-corrected chi connectivity index (χ2v) is 4.78. The van der Waals surface area contributed by atoms with Crippen LogP contribution < -0.4 is 0 Å². The molecule has 6 heteroatoms. The van der Waals surface area contributed by atoms with Crippen molar-refractivity contribution in [1.29, 1.82) is 0 Å². The lowest BCUT2D eigenvalue weighted by Crippen LogP contribution is -2.18. The van der Waals surface area contributed by atoms with Gasteiger partial charge in [-0.2, -0.15) is 13.2 Å². The van der Waals surface area contributed by atoms with E-state index in [-0.39, 0.29) is 6.61 Å². The van der Waals surface area contributed by atoms with Crippen LogP contribution in [0.5, 0.6) is 0 Å². The molecule has 0 bridgehead atoms. The van der Waals surface area contributed by atoms with E-state index < -0.39 is 18.9 Å². The summed E-state index contributed by atoms with van der Waals surface area (Å²) in [6.45, 7) is -1.19. The summed E-state index contributed by atoms with van der Waals surface area (Å²) in [5.74, 6) is 0. The van der Waals surface area contributed by atoms with Crippen LogP contribution in [0.15, 0.2) is 17.5 Å². The molecule has 1 heterocycles. The van der Waals surface area contributed by atoms with E-state index in [1.54, 1.807) is 11.3 Å². The third kappa shape index (κ3) is 7.36. The van der Waals surface area contributed by atoms with Crippen LogP contribution >= 0.6 is 11.3 Å². The highest BCUT2D eigenvalue weighted by Crippen LogP contribution is 2.15. The maximum absolute atomic E-state index is 11.7. The van der Waals surface area contributed by atoms with E-state index >= 15 is 0 Å². The van der Waals surface area contributed by atoms with Crippen molar-refractivity contribution in [1.82, 2.24) is 0 Å². The zero-order valence-electron chi connectivity index (χ0n) is 9.24. The minimum Gasteiger partial charge on any atom is -0.393 e. The molecule has 17 heavy (non-hydrogen) atoms. The predicted molar refractivity (Wildman–Crippen MR) is 60.1 cm³/mol. The summed E-state index contributed by atoms with van der Waals surface area (Å²) in [5, 5.41) is 11.5. The van der Waals surface area contributed by atoms with E-state index in [9.17, 15) is 18.3 Å². The molecule has 1 unspecified atom stereocenters. The number of hydrogen-bond acceptors (Lipinski definition) is 3. The topological polar surface area (TPSA) is 29.5 Å². The van der Waals surface area contributed by atoms with Crippen molar-refractivity contribution < 1.29 is 23.0 Å². The molecule has 98 valence electrons. The van der Waals surface area contributed by atoms with Crippen LogP contribution in [0.25, 0.3) is 0 Å². The first-order valence-corrected chi connectivity index (χ1v) is 6.20. The fourth-order valence-electron chi connectivity index (χ4n) is 1.37. The number of ether oxygens (including phenoxy) is 1. The van der Waals surface area contributed by atoms with Gasteiger partial charge in [-0.1, -0.05) is 6.07 Å². The molecule has 1 rings (SSSR count). The molecule has 0 aromatic carbocycles. The van der Waals surface area contributed by atoms with Gasteiger partial charge in [-0.15, -0.1) is 11.3 Å². The van der Waals surface area contributed by atoms with Crippen LogP contribution in [0, 0.1) is 0 Å². The highest BCUT2D eigenvalue weighted by atomic mass is 32.1. The first-order chi connectivity index (χ1) is 7.97. The number of rotatable bonds is 7. The van der Waals surface area contributed by atoms with Crippen LogP contribution in [0.4, 0.5) is 13.2 Å². The number of thiophene rings is 1. The van der Waals surface area contributed by atoms with Gasteiger partial charge in [0.2, 0.25) is 0 Å². The first kappa shape index (κ1) is 14.5. The Morgan fingerprint density at radius 2 is 2.18 bits per heavy atom. The van der Waals surface area contributed by atoms with Crippen molar-refractivity contribution in [3.05, 3.63) is 22.4 Å². The normalized spacial score (nSPS) is 13.9. The first-order valence-electron chi connectivity index (χ1n) is 5.32. The fraction of sp³-hybridized carbons (Fsp3) is 0.636. The van der Waals surface area contributed by atoms with E-state index in [0.29, 0.717) is 19.3 Å². The molecule has 2 nitrogen and oxygen atoms in total. The largest absolute Gasteiger partial charge is 0.411 e. The lowest BCUT2D eigenvalue weighted by atomic mass is 10.1. The Bertz CT molecular complexity index is 298. The van der Waals surface area contributed by atoms with Crippen molar-refractivity contribution in [2.24, 2.45) is 0 Å². The maximum Gasteiger partial charge on any atom is 0.411 e. The highest BCUT2D eigenvalue weighted by Gasteiger charge is 2.27. The van der Waals surface area contributed by atoms with Gasteiger partial charge in [0.05, 0.1) is 6.10 Å². The summed E-state index contributed by atoms with van der Waals surface area (Å²) in [6.07, 6.45) is -3.34. The van der Waals surface area contributed by atoms with Gasteiger partial charge < -0.3 is 9.84 Å². The molecule has 0 fully saturated rings. The molecule has 0 aliphatic carbocycles. The molecule has 1 N–H and O–H groups in total. The van der Waals surface area contributed by atoms with Crippen molar-refractivity contribution in [3.63, 3.8) is 0 Å². The maximum atomic E-state index is 11.7. The lowest BCUT2D eigenvalue weighted by Gasteiger charge is -2.10. The molecule has 0 aliphatic heterocycles. The summed E-state index contributed by atoms with van der Waals surface area (Å²) < 4.78 is 39.6. The monoisotopic (exact) mass is 268 g/mol. The number of hydrogen-bond donors (Lipinski definition) is 1. The molecule has 1 atom stereocenters. The van der Waals surface area contributed by atoms with Gasteiger partial charge in [-0.05, 0) is 24.3 Å². The van der Waals surface area contributed by atoms with Gasteiger partial charge in [0.15, 0.2) is 0 Å². The molecule has 1 aromatic rings. The number of alkyl halides is 3. The number of aliphatic hydroxyl groups excluding tert-OH is 1. The Kier molecular flexibility index (Phi) is 5.94. The second kappa shape index (κ2) is 6.98. The van der Waals surface area contributed by atoms with Gasteiger partial charge >= 0.3 is 6.18 Å². The van der Waals surface area contributed by atoms with Crippen molar-refractivity contribution in [2.45, 2.75) is 31.5 Å². The summed E-state index contributed by atoms with van der Waals surface area (Å²) in [5.41, 5.74) is 0. The van der Waals surface area contributed by atoms with Gasteiger partial charge in [-0.3, -0.25) is 0 Å². The van der Waals surface area contributed by atoms with Crippen molar-refractivity contribution in [3.8, 4) is 0 Å². The van der Waals surface area contributed by atoms with E-state index in [2.05, 4.69) is 4.74 Å². The van der Waals surface area contributed by atoms with Gasteiger partial charge in [0.1, 0.15) is 6.61 Å². The van der Waals surface area contributed by atoms with Crippen LogP contribution in [0.3, 0.4) is 0 Å². The van der Waals surface area contributed by atoms with E-state index in [0.717, 1.165) is 4.88 Å². The second-order valence-electron chi connectivity index (χ2n) is 3.75. The smallest absolute Gasteiger partial charge is 0.393 e. The van der Waals surface area contributed by atoms with Gasteiger partial charge in [0.25, 0.3) is 0 Å². The molecular weight excluding hydrogens is 253 g/mol. The molecule has 0 aliphatic rings. The molecule has 1 aromatic heterocycles. The third-order valence-corrected chi connectivity index (χ3v) is 3.01. The number of aliphatic hydroxyl groups is 1. The van der Waals surface area contributed by atoms with Crippen LogP contribution in [0.2, 0.25) is 0 Å². The Hall–Kier alpha value is -0.590. The van der Waals surface area contributed by atoms with Crippen LogP contribution in [0.1, 0.15) is 17.7 Å². The molecule has 0 saturated carbocycles. The predicted octanol–water partition coefficient (Wildman–Crippen LogP) is 3.01. The van der Waals surface area contributed by atoms with Crippen LogP contribution in [-0.4, -0.2) is 30.6 Å². The summed E-state index contributed by atoms with van der Waals surface area (Å²) in [4.78, 5) is 1.08. The van der Waals surface area contributed by atoms with Crippen molar-refractivity contribution in [2.75, 3.05) is 13.2 Å². The summed E-state index contributed by atoms with van der Waals surface area (Å²) in [6, 6.07) is 3.83. The molecule has 0 spiro atoms. The molecular formula is C11H15F3O2S. The quantitative estimate of drug-likeness (QED) is 0.770. The van der Waals surface area contributed by atoms with E-state index in [1.165, 1.54) is 0 Å². The Balaban J connectivity index is 2.03. The fourth-order valence-corrected chi connectivity index (χ4v) is 2.15. The SMILES string of the molecule is OC(CCCOCC(F)(F)F)Cc1cccs1. The van der Waals surface area contributed by atoms with E-state index in [1.807, 2.05) is 17.5 Å². The number of halogens is 3. The Labute approximate surface area is 102 Å². The van der Waals surface area contributed by atoms with Gasteiger partial charge in [0, 0.05) is 17.9 Å². The molecule has 0 radical (unpaired) electrons. The summed E-state index contributed by atoms with van der Waals surface area (Å²) >= 11 is 1.56. The van der Waals surface area contributed by atoms with E-state index in [4.69, 9.17) is 0 Å². The molecule has 0 saturated heterocycles. The van der Waals surface area contributed by atoms with Crippen molar-refractivity contribution >= 4 is 11.3 Å². The van der Waals surface area contributed by atoms with Crippen LogP contribution in [-0.2, 0) is 11.2 Å². The zero-order chi connectivity index (χ0) is 12.7. The average molecular weight is 268 g/mol. The highest BCUT2D eigenvalue weighted by molar-refractivity contribution is 7.09. The summed E-state index contributed by atoms with van der Waals surface area (Å²) in [7, 11) is 0. The minimum atomic E-state index is -4.27. The minimum absolute atomic E-state index is 0.0288. The lowest BCUT2D eigenvalue weighted by molar-refractivity contribution is -0.174. The third-order valence-electron chi connectivity index (χ3n) is 2.11. The van der Waals surface area contributed by atoms with Gasteiger partial charge in [-0.25, -0.2) is 0 Å². The Morgan fingerprint density at radius 3 is 2.76 bits per heavy atom. The zero-order valence-corrected chi connectivity index (χ0v) is 10.1. The Morgan fingerprint density at radius 1 is 1.41 bits per heavy atom. The average Bonchev–Trinajstić information content (AvgIpc) is 2.68. The molecule has 0 amide bonds. The standard InChI is InChI=1S/C11H15F3O2S/c12-11(13,14)8-16-5-1-3-9(15)7-10-4-2-6-17-10/h2,4,6,9,15H,1,3,5,7-8H2.